The Morgan fingerprint density at radius 3 is 2.34 bits per heavy atom. The van der Waals surface area contributed by atoms with Crippen molar-refractivity contribution in [2.75, 3.05) is 49.7 Å². The van der Waals surface area contributed by atoms with E-state index in [-0.39, 0.29) is 4.90 Å². The Morgan fingerprint density at radius 2 is 1.63 bits per heavy atom. The van der Waals surface area contributed by atoms with E-state index in [0.29, 0.717) is 23.8 Å². The van der Waals surface area contributed by atoms with Crippen molar-refractivity contribution in [1.82, 2.24) is 19.4 Å². The molecule has 1 aliphatic heterocycles. The molecule has 0 bridgehead atoms. The molecule has 182 valence electrons. The van der Waals surface area contributed by atoms with E-state index in [0.717, 1.165) is 42.8 Å². The Bertz CT molecular complexity index is 1460. The van der Waals surface area contributed by atoms with E-state index in [1.807, 2.05) is 29.9 Å². The van der Waals surface area contributed by atoms with Gasteiger partial charge in [-0.3, -0.25) is 0 Å². The summed E-state index contributed by atoms with van der Waals surface area (Å²) in [5.74, 6) is 1.26. The SMILES string of the molecule is CN1CCN(c2ccc(Cc3nc(Nc4ccccc4S(C)(=O)=O)c4c(ccn4C)n3)cc2)CC1. The van der Waals surface area contributed by atoms with Gasteiger partial charge in [0.25, 0.3) is 0 Å². The van der Waals surface area contributed by atoms with E-state index in [4.69, 9.17) is 9.97 Å². The number of anilines is 3. The Morgan fingerprint density at radius 1 is 0.914 bits per heavy atom. The second-order valence-corrected chi connectivity index (χ2v) is 11.2. The van der Waals surface area contributed by atoms with Gasteiger partial charge in [-0.05, 0) is 42.9 Å². The third-order valence-corrected chi connectivity index (χ3v) is 7.63. The van der Waals surface area contributed by atoms with Gasteiger partial charge in [0.1, 0.15) is 11.3 Å². The fourth-order valence-electron chi connectivity index (χ4n) is 4.50. The first kappa shape index (κ1) is 23.3. The van der Waals surface area contributed by atoms with Crippen LogP contribution in [-0.2, 0) is 23.3 Å². The highest BCUT2D eigenvalue weighted by atomic mass is 32.2. The first-order chi connectivity index (χ1) is 16.8. The molecule has 3 heterocycles. The Balaban J connectivity index is 1.44. The summed E-state index contributed by atoms with van der Waals surface area (Å²) in [6.45, 7) is 4.22. The lowest BCUT2D eigenvalue weighted by atomic mass is 10.1. The molecule has 35 heavy (non-hydrogen) atoms. The highest BCUT2D eigenvalue weighted by Gasteiger charge is 2.17. The molecule has 1 aliphatic rings. The molecule has 0 unspecified atom stereocenters. The number of aryl methyl sites for hydroxylation is 1. The number of piperazine rings is 1. The van der Waals surface area contributed by atoms with Crippen LogP contribution in [0.25, 0.3) is 11.0 Å². The maximum atomic E-state index is 12.3. The molecule has 1 N–H and O–H groups in total. The fourth-order valence-corrected chi connectivity index (χ4v) is 5.34. The average molecular weight is 491 g/mol. The molecule has 0 saturated carbocycles. The second-order valence-electron chi connectivity index (χ2n) is 9.18. The molecule has 0 amide bonds. The molecule has 9 heteroatoms. The number of benzene rings is 2. The Kier molecular flexibility index (Phi) is 6.21. The van der Waals surface area contributed by atoms with E-state index < -0.39 is 9.84 Å². The molecule has 0 spiro atoms. The minimum absolute atomic E-state index is 0.238. The number of likely N-dealkylation sites (N-methyl/N-ethyl adjacent to an activating group) is 1. The van der Waals surface area contributed by atoms with E-state index >= 15 is 0 Å². The summed E-state index contributed by atoms with van der Waals surface area (Å²) in [5.41, 5.74) is 4.49. The summed E-state index contributed by atoms with van der Waals surface area (Å²) >= 11 is 0. The van der Waals surface area contributed by atoms with Crippen molar-refractivity contribution < 1.29 is 8.42 Å². The molecular formula is C26H30N6O2S. The zero-order valence-corrected chi connectivity index (χ0v) is 21.1. The van der Waals surface area contributed by atoms with Crippen molar-refractivity contribution in [3.05, 3.63) is 72.2 Å². The van der Waals surface area contributed by atoms with Crippen LogP contribution in [-0.4, -0.2) is 67.3 Å². The van der Waals surface area contributed by atoms with Crippen molar-refractivity contribution in [2.24, 2.45) is 7.05 Å². The van der Waals surface area contributed by atoms with Crippen LogP contribution < -0.4 is 10.2 Å². The number of hydrogen-bond acceptors (Lipinski definition) is 7. The van der Waals surface area contributed by atoms with Gasteiger partial charge in [-0.2, -0.15) is 0 Å². The van der Waals surface area contributed by atoms with Gasteiger partial charge >= 0.3 is 0 Å². The van der Waals surface area contributed by atoms with Crippen molar-refractivity contribution in [3.63, 3.8) is 0 Å². The molecule has 0 atom stereocenters. The third-order valence-electron chi connectivity index (χ3n) is 6.47. The normalized spacial score (nSPS) is 15.0. The van der Waals surface area contributed by atoms with E-state index in [9.17, 15) is 8.42 Å². The summed E-state index contributed by atoms with van der Waals surface area (Å²) < 4.78 is 26.6. The first-order valence-corrected chi connectivity index (χ1v) is 13.6. The van der Waals surface area contributed by atoms with E-state index in [2.05, 4.69) is 46.4 Å². The summed E-state index contributed by atoms with van der Waals surface area (Å²) in [5, 5.41) is 3.27. The van der Waals surface area contributed by atoms with Crippen molar-refractivity contribution >= 4 is 38.1 Å². The van der Waals surface area contributed by atoms with Gasteiger partial charge in [0, 0.05) is 57.8 Å². The highest BCUT2D eigenvalue weighted by Crippen LogP contribution is 2.29. The summed E-state index contributed by atoms with van der Waals surface area (Å²) in [6, 6.07) is 17.4. The van der Waals surface area contributed by atoms with Gasteiger partial charge in [-0.25, -0.2) is 18.4 Å². The lowest BCUT2D eigenvalue weighted by Gasteiger charge is -2.34. The molecular weight excluding hydrogens is 460 g/mol. The van der Waals surface area contributed by atoms with Crippen molar-refractivity contribution in [1.29, 1.82) is 0 Å². The van der Waals surface area contributed by atoms with Gasteiger partial charge in [0.15, 0.2) is 15.7 Å². The summed E-state index contributed by atoms with van der Waals surface area (Å²) in [7, 11) is 0.688. The Labute approximate surface area is 206 Å². The van der Waals surface area contributed by atoms with Gasteiger partial charge in [-0.15, -0.1) is 0 Å². The number of nitrogens with one attached hydrogen (secondary N) is 1. The predicted octanol–water partition coefficient (Wildman–Crippen LogP) is 3.46. The molecule has 5 rings (SSSR count). The van der Waals surface area contributed by atoms with Crippen LogP contribution in [0.3, 0.4) is 0 Å². The monoisotopic (exact) mass is 490 g/mol. The molecule has 2 aromatic carbocycles. The van der Waals surface area contributed by atoms with Crippen LogP contribution in [0.4, 0.5) is 17.2 Å². The zero-order valence-electron chi connectivity index (χ0n) is 20.3. The van der Waals surface area contributed by atoms with Gasteiger partial charge < -0.3 is 19.7 Å². The van der Waals surface area contributed by atoms with Crippen LogP contribution in [0.2, 0.25) is 0 Å². The lowest BCUT2D eigenvalue weighted by Crippen LogP contribution is -2.44. The number of fused-ring (bicyclic) bond motifs is 1. The van der Waals surface area contributed by atoms with E-state index in [1.165, 1.54) is 11.9 Å². The number of hydrogen-bond donors (Lipinski definition) is 1. The molecule has 8 nitrogen and oxygen atoms in total. The number of sulfone groups is 1. The van der Waals surface area contributed by atoms with Gasteiger partial charge in [0.05, 0.1) is 16.1 Å². The number of aromatic nitrogens is 3. The lowest BCUT2D eigenvalue weighted by molar-refractivity contribution is 0.313. The molecule has 1 saturated heterocycles. The standard InChI is InChI=1S/C26H30N6O2S/c1-30-14-16-32(17-15-30)20-10-8-19(9-11-20)18-24-27-22-12-13-31(2)25(22)26(29-24)28-21-6-4-5-7-23(21)35(3,33)34/h4-13H,14-18H2,1-3H3,(H,27,28,29). The number of rotatable bonds is 6. The fraction of sp³-hybridized carbons (Fsp3) is 0.308. The molecule has 2 aromatic heterocycles. The summed E-state index contributed by atoms with van der Waals surface area (Å²) in [4.78, 5) is 14.6. The topological polar surface area (TPSA) is 83.4 Å². The van der Waals surface area contributed by atoms with E-state index in [1.54, 1.807) is 18.2 Å². The van der Waals surface area contributed by atoms with Crippen LogP contribution in [0.5, 0.6) is 0 Å². The number of nitrogens with zero attached hydrogens (tertiary/aromatic N) is 5. The minimum Gasteiger partial charge on any atom is -0.369 e. The largest absolute Gasteiger partial charge is 0.369 e. The maximum Gasteiger partial charge on any atom is 0.177 e. The van der Waals surface area contributed by atoms with Crippen LogP contribution in [0.1, 0.15) is 11.4 Å². The quantitative estimate of drug-likeness (QED) is 0.443. The highest BCUT2D eigenvalue weighted by molar-refractivity contribution is 7.90. The molecule has 0 aliphatic carbocycles. The third kappa shape index (κ3) is 5.01. The van der Waals surface area contributed by atoms with Crippen LogP contribution in [0.15, 0.2) is 65.7 Å². The minimum atomic E-state index is -3.40. The Hall–Kier alpha value is -3.43. The van der Waals surface area contributed by atoms with Gasteiger partial charge in [-0.1, -0.05) is 24.3 Å². The maximum absolute atomic E-state index is 12.3. The van der Waals surface area contributed by atoms with Gasteiger partial charge in [0.2, 0.25) is 0 Å². The molecule has 1 fully saturated rings. The zero-order chi connectivity index (χ0) is 24.6. The molecule has 4 aromatic rings. The van der Waals surface area contributed by atoms with Crippen LogP contribution in [0, 0.1) is 0 Å². The smallest absolute Gasteiger partial charge is 0.177 e. The summed E-state index contributed by atoms with van der Waals surface area (Å²) in [6.07, 6.45) is 3.72. The molecule has 0 radical (unpaired) electrons. The van der Waals surface area contributed by atoms with Crippen molar-refractivity contribution in [2.45, 2.75) is 11.3 Å². The van der Waals surface area contributed by atoms with Crippen molar-refractivity contribution in [3.8, 4) is 0 Å². The van der Waals surface area contributed by atoms with Crippen LogP contribution >= 0.6 is 0 Å². The average Bonchev–Trinajstić information content (AvgIpc) is 3.20. The number of para-hydroxylation sites is 1. The first-order valence-electron chi connectivity index (χ1n) is 11.7. The predicted molar refractivity (Wildman–Crippen MR) is 140 cm³/mol. The second kappa shape index (κ2) is 9.31.